The first-order valence-corrected chi connectivity index (χ1v) is 19.6. The molecule has 0 saturated heterocycles. The molecule has 1 heteroatoms. The summed E-state index contributed by atoms with van der Waals surface area (Å²) in [5, 5.41) is 4.73. The van der Waals surface area contributed by atoms with Crippen molar-refractivity contribution in [3.05, 3.63) is 91.0 Å². The molecular formula is C39H59P. The van der Waals surface area contributed by atoms with E-state index < -0.39 is 6.60 Å². The van der Waals surface area contributed by atoms with Gasteiger partial charge in [0.2, 0.25) is 0 Å². The molecule has 0 unspecified atom stereocenters. The van der Waals surface area contributed by atoms with E-state index in [9.17, 15) is 0 Å². The number of hydrogen-bond acceptors (Lipinski definition) is 0. The summed E-state index contributed by atoms with van der Waals surface area (Å²) in [6.07, 6.45) is 26.5. The van der Waals surface area contributed by atoms with Crippen molar-refractivity contribution in [3.63, 3.8) is 0 Å². The minimum absolute atomic E-state index is 1.20. The van der Waals surface area contributed by atoms with Crippen LogP contribution >= 0.6 is 6.60 Å². The predicted octanol–water partition coefficient (Wildman–Crippen LogP) is 11.2. The van der Waals surface area contributed by atoms with E-state index in [1.807, 2.05) is 0 Å². The third-order valence-electron chi connectivity index (χ3n) is 9.36. The van der Waals surface area contributed by atoms with Crippen LogP contribution in [0.5, 0.6) is 0 Å². The molecule has 0 aliphatic heterocycles. The topological polar surface area (TPSA) is 0 Å². The summed E-state index contributed by atoms with van der Waals surface area (Å²) in [6, 6.07) is 34.8. The summed E-state index contributed by atoms with van der Waals surface area (Å²) in [7, 11) is 0. The van der Waals surface area contributed by atoms with E-state index in [-0.39, 0.29) is 0 Å². The van der Waals surface area contributed by atoms with Gasteiger partial charge in [-0.25, -0.2) is 0 Å². The van der Waals surface area contributed by atoms with Gasteiger partial charge in [0, 0.05) is 0 Å². The Kier molecular flexibility index (Phi) is 15.1. The summed E-state index contributed by atoms with van der Waals surface area (Å²) >= 11 is 0. The molecule has 0 spiro atoms. The van der Waals surface area contributed by atoms with Crippen LogP contribution in [0.1, 0.15) is 123 Å². The molecule has 0 amide bonds. The number of hydrogen-bond donors (Lipinski definition) is 0. The van der Waals surface area contributed by atoms with Gasteiger partial charge in [0.25, 0.3) is 0 Å². The number of benzene rings is 3. The fourth-order valence-electron chi connectivity index (χ4n) is 7.20. The molecule has 0 fully saturated rings. The second kappa shape index (κ2) is 18.5. The van der Waals surface area contributed by atoms with Crippen molar-refractivity contribution in [2.45, 2.75) is 123 Å². The Morgan fingerprint density at radius 2 is 0.625 bits per heavy atom. The standard InChI is InChI=1S/C39H59P/c1-3-5-6-7-8-9-10-11-12-13-14-15-16-17-18-28-36-40(35-4-2,37-29-22-19-23-30-37,38-31-24-20-25-32-38)39-33-26-21-27-34-39/h19-27,29-34H,3-18,28,35-36H2,1-2H3. The maximum atomic E-state index is 2.44. The van der Waals surface area contributed by atoms with Crippen molar-refractivity contribution in [1.29, 1.82) is 0 Å². The second-order valence-electron chi connectivity index (χ2n) is 12.3. The zero-order valence-electron chi connectivity index (χ0n) is 26.0. The van der Waals surface area contributed by atoms with Gasteiger partial charge >= 0.3 is 210 Å². The van der Waals surface area contributed by atoms with Crippen LogP contribution in [-0.4, -0.2) is 12.3 Å². The van der Waals surface area contributed by atoms with E-state index in [2.05, 4.69) is 105 Å². The molecule has 40 heavy (non-hydrogen) atoms. The molecule has 0 heterocycles. The molecule has 0 radical (unpaired) electrons. The first-order chi connectivity index (χ1) is 19.8. The van der Waals surface area contributed by atoms with Crippen molar-refractivity contribution in [2.75, 3.05) is 12.3 Å². The molecule has 220 valence electrons. The van der Waals surface area contributed by atoms with E-state index in [0.717, 1.165) is 0 Å². The van der Waals surface area contributed by atoms with Crippen LogP contribution in [0.3, 0.4) is 0 Å². The number of rotatable bonds is 22. The summed E-state index contributed by atoms with van der Waals surface area (Å²) in [6.45, 7) is 2.10. The molecule has 0 N–H and O–H groups in total. The van der Waals surface area contributed by atoms with Crippen LogP contribution in [-0.2, 0) is 0 Å². The Morgan fingerprint density at radius 3 is 0.925 bits per heavy atom. The average molecular weight is 559 g/mol. The van der Waals surface area contributed by atoms with Gasteiger partial charge in [-0.2, -0.15) is 0 Å². The van der Waals surface area contributed by atoms with Crippen LogP contribution in [0.2, 0.25) is 0 Å². The van der Waals surface area contributed by atoms with Crippen LogP contribution in [0.15, 0.2) is 91.0 Å². The molecule has 0 bridgehead atoms. The van der Waals surface area contributed by atoms with Crippen molar-refractivity contribution in [3.8, 4) is 0 Å². The normalized spacial score (nSPS) is 12.7. The zero-order valence-corrected chi connectivity index (χ0v) is 26.9. The quantitative estimate of drug-likeness (QED) is 0.0850. The molecule has 0 aliphatic rings. The third kappa shape index (κ3) is 8.79. The maximum absolute atomic E-state index is 2.60. The Morgan fingerprint density at radius 1 is 0.325 bits per heavy atom. The third-order valence-corrected chi connectivity index (χ3v) is 16.7. The summed E-state index contributed by atoms with van der Waals surface area (Å²) < 4.78 is 0. The summed E-state index contributed by atoms with van der Waals surface area (Å²) in [5.41, 5.74) is 0. The fourth-order valence-corrected chi connectivity index (χ4v) is 14.5. The number of unbranched alkanes of at least 4 members (excludes halogenated alkanes) is 15. The van der Waals surface area contributed by atoms with Crippen molar-refractivity contribution in [2.24, 2.45) is 0 Å². The van der Waals surface area contributed by atoms with Gasteiger partial charge in [-0.1, -0.05) is 39.0 Å². The molecule has 0 atom stereocenters. The minimum atomic E-state index is -2.60. The fraction of sp³-hybridized carbons (Fsp3) is 0.538. The van der Waals surface area contributed by atoms with Crippen molar-refractivity contribution >= 4 is 22.5 Å². The molecule has 0 nitrogen and oxygen atoms in total. The van der Waals surface area contributed by atoms with Crippen LogP contribution in [0.4, 0.5) is 0 Å². The van der Waals surface area contributed by atoms with E-state index >= 15 is 0 Å². The van der Waals surface area contributed by atoms with E-state index in [0.29, 0.717) is 0 Å². The van der Waals surface area contributed by atoms with Gasteiger partial charge in [0.15, 0.2) is 0 Å². The van der Waals surface area contributed by atoms with Gasteiger partial charge in [-0.15, -0.1) is 0 Å². The van der Waals surface area contributed by atoms with E-state index in [1.54, 1.807) is 15.9 Å². The van der Waals surface area contributed by atoms with E-state index in [4.69, 9.17) is 0 Å². The van der Waals surface area contributed by atoms with Crippen LogP contribution in [0, 0.1) is 0 Å². The van der Waals surface area contributed by atoms with Crippen molar-refractivity contribution < 1.29 is 0 Å². The Balaban J connectivity index is 1.55. The molecule has 3 aromatic rings. The van der Waals surface area contributed by atoms with Gasteiger partial charge in [0.05, 0.1) is 0 Å². The molecule has 3 rings (SSSR count). The zero-order chi connectivity index (χ0) is 28.2. The molecule has 3 aromatic carbocycles. The van der Waals surface area contributed by atoms with Gasteiger partial charge in [-0.05, 0) is 0 Å². The summed E-state index contributed by atoms with van der Waals surface area (Å²) in [4.78, 5) is 0. The average Bonchev–Trinajstić information content (AvgIpc) is 3.02. The van der Waals surface area contributed by atoms with Crippen LogP contribution < -0.4 is 15.9 Å². The first-order valence-electron chi connectivity index (χ1n) is 16.9. The molecule has 0 saturated carbocycles. The molecular weight excluding hydrogens is 499 g/mol. The Labute approximate surface area is 248 Å². The van der Waals surface area contributed by atoms with Crippen LogP contribution in [0.25, 0.3) is 0 Å². The van der Waals surface area contributed by atoms with E-state index in [1.165, 1.54) is 121 Å². The Bertz CT molecular complexity index is 911. The van der Waals surface area contributed by atoms with Crippen molar-refractivity contribution in [1.82, 2.24) is 0 Å². The van der Waals surface area contributed by atoms with Gasteiger partial charge < -0.3 is 0 Å². The van der Waals surface area contributed by atoms with Gasteiger partial charge in [0.1, 0.15) is 0 Å². The summed E-state index contributed by atoms with van der Waals surface area (Å²) in [5.74, 6) is 0. The molecule has 0 aromatic heterocycles. The second-order valence-corrected chi connectivity index (χ2v) is 17.7. The monoisotopic (exact) mass is 558 g/mol. The SMILES string of the molecule is CCCCCCCCCCCCCCCCCCP(CCC)(c1ccccc1)(c1ccccc1)c1ccccc1. The predicted molar refractivity (Wildman–Crippen MR) is 185 cm³/mol. The first kappa shape index (κ1) is 32.6. The molecule has 0 aliphatic carbocycles. The van der Waals surface area contributed by atoms with Gasteiger partial charge in [-0.3, -0.25) is 0 Å². The Hall–Kier alpha value is -1.91.